The Morgan fingerprint density at radius 1 is 0.947 bits per heavy atom. The van der Waals surface area contributed by atoms with Gasteiger partial charge in [-0.1, -0.05) is 40.9 Å². The summed E-state index contributed by atoms with van der Waals surface area (Å²) in [5.74, 6) is 0.506. The number of methoxy groups -OCH3 is 1. The van der Waals surface area contributed by atoms with E-state index in [4.69, 9.17) is 39.5 Å². The van der Waals surface area contributed by atoms with Crippen LogP contribution in [0.15, 0.2) is 36.4 Å². The molecule has 0 amide bonds. The van der Waals surface area contributed by atoms with Crippen LogP contribution in [0, 0.1) is 0 Å². The van der Waals surface area contributed by atoms with Crippen molar-refractivity contribution >= 4 is 34.8 Å². The van der Waals surface area contributed by atoms with Gasteiger partial charge in [-0.25, -0.2) is 0 Å². The van der Waals surface area contributed by atoms with Crippen LogP contribution in [0.3, 0.4) is 0 Å². The number of rotatable bonds is 3. The Balaban J connectivity index is 2.40. The lowest BCUT2D eigenvalue weighted by Gasteiger charge is -2.14. The van der Waals surface area contributed by atoms with Gasteiger partial charge in [0.05, 0.1) is 12.1 Å². The Morgan fingerprint density at radius 3 is 2.16 bits per heavy atom. The first kappa shape index (κ1) is 14.5. The molecule has 2 aromatic carbocycles. The van der Waals surface area contributed by atoms with Crippen molar-refractivity contribution in [1.82, 2.24) is 0 Å². The fourth-order valence-electron chi connectivity index (χ4n) is 1.77. The SMILES string of the molecule is COc1cc(C(O)c2cc(Cl)cc(Cl)c2)ccc1Cl. The van der Waals surface area contributed by atoms with Gasteiger partial charge in [-0.2, -0.15) is 0 Å². The zero-order valence-electron chi connectivity index (χ0n) is 10.0. The maximum absolute atomic E-state index is 10.3. The van der Waals surface area contributed by atoms with Crippen LogP contribution in [0.5, 0.6) is 5.75 Å². The number of benzene rings is 2. The average molecular weight is 318 g/mol. The van der Waals surface area contributed by atoms with Crippen LogP contribution in [0.1, 0.15) is 17.2 Å². The summed E-state index contributed by atoms with van der Waals surface area (Å²) in [6.07, 6.45) is -0.845. The average Bonchev–Trinajstić information content (AvgIpc) is 2.37. The normalized spacial score (nSPS) is 12.3. The quantitative estimate of drug-likeness (QED) is 0.886. The summed E-state index contributed by atoms with van der Waals surface area (Å²) >= 11 is 17.8. The first-order valence-corrected chi connectivity index (χ1v) is 6.62. The number of aliphatic hydroxyl groups is 1. The Hall–Kier alpha value is -0.930. The molecule has 5 heteroatoms. The predicted octanol–water partition coefficient (Wildman–Crippen LogP) is 4.74. The molecular formula is C14H11Cl3O2. The molecule has 1 atom stereocenters. The van der Waals surface area contributed by atoms with Crippen LogP contribution in [0.25, 0.3) is 0 Å². The minimum Gasteiger partial charge on any atom is -0.495 e. The molecule has 0 aliphatic heterocycles. The molecule has 0 saturated heterocycles. The van der Waals surface area contributed by atoms with E-state index in [2.05, 4.69) is 0 Å². The molecule has 100 valence electrons. The molecule has 2 nitrogen and oxygen atoms in total. The highest BCUT2D eigenvalue weighted by Crippen LogP contribution is 2.32. The Bertz CT molecular complexity index is 579. The van der Waals surface area contributed by atoms with Gasteiger partial charge in [-0.15, -0.1) is 0 Å². The van der Waals surface area contributed by atoms with Gasteiger partial charge in [0, 0.05) is 10.0 Å². The molecule has 0 spiro atoms. The van der Waals surface area contributed by atoms with Gasteiger partial charge in [0.1, 0.15) is 11.9 Å². The maximum Gasteiger partial charge on any atom is 0.137 e. The summed E-state index contributed by atoms with van der Waals surface area (Å²) in [6, 6.07) is 10.0. The van der Waals surface area contributed by atoms with Crippen LogP contribution in [0.2, 0.25) is 15.1 Å². The van der Waals surface area contributed by atoms with Gasteiger partial charge >= 0.3 is 0 Å². The number of hydrogen-bond donors (Lipinski definition) is 1. The van der Waals surface area contributed by atoms with E-state index in [1.54, 1.807) is 36.4 Å². The number of aliphatic hydroxyl groups excluding tert-OH is 1. The van der Waals surface area contributed by atoms with Crippen LogP contribution in [-0.4, -0.2) is 12.2 Å². The first-order valence-electron chi connectivity index (χ1n) is 5.48. The first-order chi connectivity index (χ1) is 9.01. The molecule has 0 bridgehead atoms. The molecule has 2 aromatic rings. The molecule has 2 rings (SSSR count). The summed E-state index contributed by atoms with van der Waals surface area (Å²) in [7, 11) is 1.52. The molecule has 0 fully saturated rings. The monoisotopic (exact) mass is 316 g/mol. The van der Waals surface area contributed by atoms with E-state index in [0.29, 0.717) is 31.9 Å². The second kappa shape index (κ2) is 6.02. The second-order valence-electron chi connectivity index (χ2n) is 4.00. The molecular weight excluding hydrogens is 307 g/mol. The lowest BCUT2D eigenvalue weighted by atomic mass is 10.0. The summed E-state index contributed by atoms with van der Waals surface area (Å²) < 4.78 is 5.12. The van der Waals surface area contributed by atoms with Crippen molar-refractivity contribution in [3.05, 3.63) is 62.6 Å². The topological polar surface area (TPSA) is 29.5 Å². The zero-order chi connectivity index (χ0) is 14.0. The third-order valence-electron chi connectivity index (χ3n) is 2.69. The van der Waals surface area contributed by atoms with Gasteiger partial charge < -0.3 is 9.84 Å². The van der Waals surface area contributed by atoms with Crippen molar-refractivity contribution in [1.29, 1.82) is 0 Å². The molecule has 19 heavy (non-hydrogen) atoms. The fourth-order valence-corrected chi connectivity index (χ4v) is 2.51. The zero-order valence-corrected chi connectivity index (χ0v) is 12.3. The van der Waals surface area contributed by atoms with E-state index in [0.717, 1.165) is 0 Å². The minimum absolute atomic E-state index is 0.475. The van der Waals surface area contributed by atoms with E-state index in [1.165, 1.54) is 7.11 Å². The molecule has 1 N–H and O–H groups in total. The van der Waals surface area contributed by atoms with E-state index in [9.17, 15) is 5.11 Å². The standard InChI is InChI=1S/C14H11Cl3O2/c1-19-13-6-8(2-3-12(13)17)14(18)9-4-10(15)7-11(16)5-9/h2-7,14,18H,1H3. The highest BCUT2D eigenvalue weighted by atomic mass is 35.5. The van der Waals surface area contributed by atoms with E-state index in [1.807, 2.05) is 0 Å². The van der Waals surface area contributed by atoms with Crippen LogP contribution in [0.4, 0.5) is 0 Å². The number of hydrogen-bond acceptors (Lipinski definition) is 2. The van der Waals surface area contributed by atoms with Crippen molar-refractivity contribution in [3.63, 3.8) is 0 Å². The Labute approximate surface area is 126 Å². The Morgan fingerprint density at radius 2 is 1.58 bits per heavy atom. The van der Waals surface area contributed by atoms with Gasteiger partial charge in [0.2, 0.25) is 0 Å². The van der Waals surface area contributed by atoms with Crippen molar-refractivity contribution in [2.75, 3.05) is 7.11 Å². The molecule has 1 unspecified atom stereocenters. The smallest absolute Gasteiger partial charge is 0.137 e. The molecule has 0 aromatic heterocycles. The lowest BCUT2D eigenvalue weighted by molar-refractivity contribution is 0.220. The molecule has 0 heterocycles. The summed E-state index contributed by atoms with van der Waals surface area (Å²) in [6.45, 7) is 0. The lowest BCUT2D eigenvalue weighted by Crippen LogP contribution is -2.00. The Kier molecular flexibility index (Phi) is 4.58. The molecule has 0 radical (unpaired) electrons. The number of halogens is 3. The molecule has 0 aliphatic rings. The van der Waals surface area contributed by atoms with Crippen molar-refractivity contribution in [2.24, 2.45) is 0 Å². The fraction of sp³-hybridized carbons (Fsp3) is 0.143. The third-order valence-corrected chi connectivity index (χ3v) is 3.44. The van der Waals surface area contributed by atoms with Gasteiger partial charge in [0.15, 0.2) is 0 Å². The summed E-state index contributed by atoms with van der Waals surface area (Å²) in [5.41, 5.74) is 1.27. The second-order valence-corrected chi connectivity index (χ2v) is 5.28. The minimum atomic E-state index is -0.845. The van der Waals surface area contributed by atoms with Crippen LogP contribution < -0.4 is 4.74 Å². The summed E-state index contributed by atoms with van der Waals surface area (Å²) in [5, 5.41) is 11.8. The highest BCUT2D eigenvalue weighted by molar-refractivity contribution is 6.34. The molecule has 0 saturated carbocycles. The molecule has 0 aliphatic carbocycles. The predicted molar refractivity (Wildman–Crippen MR) is 78.5 cm³/mol. The third kappa shape index (κ3) is 3.34. The van der Waals surface area contributed by atoms with Crippen molar-refractivity contribution < 1.29 is 9.84 Å². The van der Waals surface area contributed by atoms with Gasteiger partial charge in [0.25, 0.3) is 0 Å². The van der Waals surface area contributed by atoms with Crippen LogP contribution in [-0.2, 0) is 0 Å². The van der Waals surface area contributed by atoms with Gasteiger partial charge in [-0.3, -0.25) is 0 Å². The number of ether oxygens (including phenoxy) is 1. The van der Waals surface area contributed by atoms with E-state index in [-0.39, 0.29) is 0 Å². The van der Waals surface area contributed by atoms with Gasteiger partial charge in [-0.05, 0) is 41.5 Å². The van der Waals surface area contributed by atoms with Crippen molar-refractivity contribution in [2.45, 2.75) is 6.10 Å². The highest BCUT2D eigenvalue weighted by Gasteiger charge is 2.14. The van der Waals surface area contributed by atoms with E-state index < -0.39 is 6.10 Å². The van der Waals surface area contributed by atoms with Crippen molar-refractivity contribution in [3.8, 4) is 5.75 Å². The largest absolute Gasteiger partial charge is 0.495 e. The van der Waals surface area contributed by atoms with Crippen LogP contribution >= 0.6 is 34.8 Å². The maximum atomic E-state index is 10.3. The van der Waals surface area contributed by atoms with E-state index >= 15 is 0 Å². The summed E-state index contributed by atoms with van der Waals surface area (Å²) in [4.78, 5) is 0.